The summed E-state index contributed by atoms with van der Waals surface area (Å²) in [4.78, 5) is 13.5. The molecule has 0 radical (unpaired) electrons. The van der Waals surface area contributed by atoms with Crippen molar-refractivity contribution in [2.45, 2.75) is 61.8 Å². The van der Waals surface area contributed by atoms with Crippen molar-refractivity contribution in [1.82, 2.24) is 4.31 Å². The van der Waals surface area contributed by atoms with Crippen molar-refractivity contribution < 1.29 is 13.3 Å². The molecule has 0 aromatic heterocycles. The molecule has 2 saturated carbocycles. The van der Waals surface area contributed by atoms with Gasteiger partial charge in [-0.25, -0.2) is 8.42 Å². The number of nitrogens with zero attached hydrogens (tertiary/aromatic N) is 3. The summed E-state index contributed by atoms with van der Waals surface area (Å²) >= 11 is 0. The summed E-state index contributed by atoms with van der Waals surface area (Å²) in [5, 5.41) is 14.6. The number of nitro groups is 1. The van der Waals surface area contributed by atoms with Crippen LogP contribution < -0.4 is 10.2 Å². The molecule has 2 aromatic rings. The van der Waals surface area contributed by atoms with Crippen molar-refractivity contribution in [1.29, 1.82) is 0 Å². The third-order valence-corrected chi connectivity index (χ3v) is 9.22. The molecule has 5 rings (SSSR count). The van der Waals surface area contributed by atoms with E-state index < -0.39 is 10.0 Å². The van der Waals surface area contributed by atoms with Gasteiger partial charge in [-0.1, -0.05) is 31.4 Å². The van der Waals surface area contributed by atoms with Crippen molar-refractivity contribution in [3.8, 4) is 0 Å². The van der Waals surface area contributed by atoms with E-state index in [0.717, 1.165) is 18.5 Å². The second-order valence-electron chi connectivity index (χ2n) is 9.67. The van der Waals surface area contributed by atoms with Crippen LogP contribution in [0.4, 0.5) is 17.1 Å². The number of hydrogen-bond donors (Lipinski definition) is 1. The highest BCUT2D eigenvalue weighted by Crippen LogP contribution is 2.35. The molecule has 182 valence electrons. The average molecular weight is 485 g/mol. The number of nitrogens with one attached hydrogen (secondary N) is 1. The smallest absolute Gasteiger partial charge is 0.292 e. The molecule has 0 spiro atoms. The molecule has 0 unspecified atom stereocenters. The lowest BCUT2D eigenvalue weighted by Crippen LogP contribution is -2.48. The van der Waals surface area contributed by atoms with Crippen LogP contribution >= 0.6 is 0 Å². The van der Waals surface area contributed by atoms with Gasteiger partial charge in [-0.2, -0.15) is 4.31 Å². The van der Waals surface area contributed by atoms with Gasteiger partial charge in [0.2, 0.25) is 10.0 Å². The van der Waals surface area contributed by atoms with E-state index in [1.807, 2.05) is 18.2 Å². The predicted molar refractivity (Wildman–Crippen MR) is 133 cm³/mol. The van der Waals surface area contributed by atoms with Gasteiger partial charge in [-0.15, -0.1) is 0 Å². The Bertz CT molecular complexity index is 1130. The van der Waals surface area contributed by atoms with Gasteiger partial charge < -0.3 is 10.2 Å². The van der Waals surface area contributed by atoms with E-state index >= 15 is 0 Å². The zero-order valence-electron chi connectivity index (χ0n) is 19.4. The molecular formula is C25H32N4O4S. The third kappa shape index (κ3) is 4.90. The van der Waals surface area contributed by atoms with Crippen molar-refractivity contribution in [2.24, 2.45) is 0 Å². The van der Waals surface area contributed by atoms with Crippen LogP contribution in [0.5, 0.6) is 0 Å². The standard InChI is InChI=1S/C25H32N4O4S/c30-29(31)25-13-10-22(18-24(25)26-21-8-9-21)27-14-16-28(17-15-27)34(32,33)23-11-6-20(7-12-23)19-4-2-1-3-5-19/h6-7,10-13,18-19,21,26H,1-5,8-9,14-17H2. The summed E-state index contributed by atoms with van der Waals surface area (Å²) in [7, 11) is -3.54. The van der Waals surface area contributed by atoms with E-state index in [1.165, 1.54) is 43.7 Å². The highest BCUT2D eigenvalue weighted by atomic mass is 32.2. The monoisotopic (exact) mass is 484 g/mol. The van der Waals surface area contributed by atoms with E-state index in [1.54, 1.807) is 22.5 Å². The van der Waals surface area contributed by atoms with Gasteiger partial charge in [0.1, 0.15) is 5.69 Å². The molecule has 34 heavy (non-hydrogen) atoms. The first kappa shape index (κ1) is 23.1. The number of sulfonamides is 1. The molecule has 0 bridgehead atoms. The summed E-state index contributed by atoms with van der Waals surface area (Å²) < 4.78 is 28.0. The molecule has 2 aliphatic carbocycles. The molecule has 3 fully saturated rings. The van der Waals surface area contributed by atoms with Crippen LogP contribution in [0.2, 0.25) is 0 Å². The van der Waals surface area contributed by atoms with E-state index in [4.69, 9.17) is 0 Å². The van der Waals surface area contributed by atoms with E-state index in [9.17, 15) is 18.5 Å². The van der Waals surface area contributed by atoms with Crippen LogP contribution in [0, 0.1) is 10.1 Å². The molecule has 8 nitrogen and oxygen atoms in total. The minimum absolute atomic E-state index is 0.0773. The quantitative estimate of drug-likeness (QED) is 0.451. The fourth-order valence-corrected chi connectivity index (χ4v) is 6.55. The van der Waals surface area contributed by atoms with Crippen molar-refractivity contribution in [3.63, 3.8) is 0 Å². The molecule has 3 aliphatic rings. The number of rotatable bonds is 7. The number of benzene rings is 2. The first-order valence-corrected chi connectivity index (χ1v) is 13.8. The Labute approximate surface area is 201 Å². The maximum atomic E-state index is 13.2. The van der Waals surface area contributed by atoms with Gasteiger partial charge in [0.15, 0.2) is 0 Å². The van der Waals surface area contributed by atoms with Crippen LogP contribution in [0.25, 0.3) is 0 Å². The molecule has 0 atom stereocenters. The van der Waals surface area contributed by atoms with Gasteiger partial charge in [0.25, 0.3) is 5.69 Å². The van der Waals surface area contributed by atoms with Crippen molar-refractivity contribution >= 4 is 27.1 Å². The molecule has 1 N–H and O–H groups in total. The molecule has 0 amide bonds. The van der Waals surface area contributed by atoms with Gasteiger partial charge in [-0.05, 0) is 61.4 Å². The van der Waals surface area contributed by atoms with Crippen LogP contribution in [0.15, 0.2) is 47.4 Å². The van der Waals surface area contributed by atoms with Gasteiger partial charge in [0, 0.05) is 44.0 Å². The van der Waals surface area contributed by atoms with E-state index in [2.05, 4.69) is 10.2 Å². The largest absolute Gasteiger partial charge is 0.377 e. The van der Waals surface area contributed by atoms with Crippen LogP contribution in [-0.4, -0.2) is 49.9 Å². The average Bonchev–Trinajstić information content (AvgIpc) is 3.68. The van der Waals surface area contributed by atoms with E-state index in [-0.39, 0.29) is 10.6 Å². The summed E-state index contributed by atoms with van der Waals surface area (Å²) in [6.07, 6.45) is 8.24. The number of anilines is 2. The maximum absolute atomic E-state index is 13.2. The normalized spacial score (nSPS) is 20.3. The van der Waals surface area contributed by atoms with E-state index in [0.29, 0.717) is 48.7 Å². The highest BCUT2D eigenvalue weighted by Gasteiger charge is 2.30. The SMILES string of the molecule is O=[N+]([O-])c1ccc(N2CCN(S(=O)(=O)c3ccc(C4CCCCC4)cc3)CC2)cc1NC1CC1. The fourth-order valence-electron chi connectivity index (χ4n) is 5.13. The molecular weight excluding hydrogens is 452 g/mol. The first-order valence-electron chi connectivity index (χ1n) is 12.3. The lowest BCUT2D eigenvalue weighted by molar-refractivity contribution is -0.384. The second kappa shape index (κ2) is 9.54. The van der Waals surface area contributed by atoms with Gasteiger partial charge in [0.05, 0.1) is 9.82 Å². The number of nitro benzene ring substituents is 1. The Morgan fingerprint density at radius 2 is 1.56 bits per heavy atom. The Kier molecular flexibility index (Phi) is 6.48. The van der Waals surface area contributed by atoms with Crippen molar-refractivity contribution in [3.05, 3.63) is 58.1 Å². The summed E-state index contributed by atoms with van der Waals surface area (Å²) in [6.45, 7) is 1.85. The number of hydrogen-bond acceptors (Lipinski definition) is 6. The topological polar surface area (TPSA) is 95.8 Å². The third-order valence-electron chi connectivity index (χ3n) is 7.31. The van der Waals surface area contributed by atoms with Crippen molar-refractivity contribution in [2.75, 3.05) is 36.4 Å². The zero-order chi connectivity index (χ0) is 23.7. The summed E-state index contributed by atoms with van der Waals surface area (Å²) in [6, 6.07) is 12.9. The lowest BCUT2D eigenvalue weighted by atomic mass is 9.84. The molecule has 9 heteroatoms. The summed E-state index contributed by atoms with van der Waals surface area (Å²) in [5.41, 5.74) is 2.74. The second-order valence-corrected chi connectivity index (χ2v) is 11.6. The predicted octanol–water partition coefficient (Wildman–Crippen LogP) is 4.73. The zero-order valence-corrected chi connectivity index (χ0v) is 20.2. The molecule has 1 heterocycles. The Morgan fingerprint density at radius 3 is 2.18 bits per heavy atom. The lowest BCUT2D eigenvalue weighted by Gasteiger charge is -2.35. The minimum atomic E-state index is -3.54. The number of piperazine rings is 1. The Hall–Kier alpha value is -2.65. The van der Waals surface area contributed by atoms with Crippen LogP contribution in [0.3, 0.4) is 0 Å². The summed E-state index contributed by atoms with van der Waals surface area (Å²) in [5.74, 6) is 0.551. The molecule has 2 aromatic carbocycles. The van der Waals surface area contributed by atoms with Gasteiger partial charge in [-0.3, -0.25) is 10.1 Å². The molecule has 1 aliphatic heterocycles. The minimum Gasteiger partial charge on any atom is -0.377 e. The Balaban J connectivity index is 1.25. The van der Waals surface area contributed by atoms with Crippen LogP contribution in [0.1, 0.15) is 56.4 Å². The highest BCUT2D eigenvalue weighted by molar-refractivity contribution is 7.89. The van der Waals surface area contributed by atoms with Gasteiger partial charge >= 0.3 is 0 Å². The fraction of sp³-hybridized carbons (Fsp3) is 0.520. The molecule has 1 saturated heterocycles. The maximum Gasteiger partial charge on any atom is 0.292 e. The first-order chi connectivity index (χ1) is 16.4. The Morgan fingerprint density at radius 1 is 0.882 bits per heavy atom. The van der Waals surface area contributed by atoms with Crippen LogP contribution in [-0.2, 0) is 10.0 Å².